The van der Waals surface area contributed by atoms with Gasteiger partial charge in [0.1, 0.15) is 5.82 Å². The van der Waals surface area contributed by atoms with Crippen molar-refractivity contribution in [3.05, 3.63) is 34.1 Å². The molecule has 102 valence electrons. The second-order valence-electron chi connectivity index (χ2n) is 4.76. The molecule has 0 unspecified atom stereocenters. The van der Waals surface area contributed by atoms with Crippen molar-refractivity contribution in [1.29, 1.82) is 0 Å². The lowest BCUT2D eigenvalue weighted by Crippen LogP contribution is -2.30. The normalized spacial score (nSPS) is 22.6. The zero-order chi connectivity index (χ0) is 14.2. The summed E-state index contributed by atoms with van der Waals surface area (Å²) in [4.78, 5) is 24.8. The van der Waals surface area contributed by atoms with Gasteiger partial charge in [-0.1, -0.05) is 6.92 Å². The van der Waals surface area contributed by atoms with Crippen molar-refractivity contribution < 1.29 is 19.1 Å². The molecule has 19 heavy (non-hydrogen) atoms. The summed E-state index contributed by atoms with van der Waals surface area (Å²) in [5.74, 6) is -2.21. The zero-order valence-electron chi connectivity index (χ0n) is 10.3. The van der Waals surface area contributed by atoms with Gasteiger partial charge in [-0.05, 0) is 40.0 Å². The van der Waals surface area contributed by atoms with Crippen molar-refractivity contribution in [2.75, 3.05) is 13.1 Å². The van der Waals surface area contributed by atoms with E-state index in [1.807, 2.05) is 6.92 Å². The molecule has 1 amide bonds. The van der Waals surface area contributed by atoms with Crippen molar-refractivity contribution in [2.45, 2.75) is 6.92 Å². The van der Waals surface area contributed by atoms with E-state index < -0.39 is 17.7 Å². The molecule has 0 bridgehead atoms. The molecular formula is C13H13BrFNO3. The number of aliphatic carboxylic acids is 1. The number of likely N-dealkylation sites (tertiary alicyclic amines) is 1. The van der Waals surface area contributed by atoms with E-state index in [9.17, 15) is 14.0 Å². The number of carboxylic acids is 1. The lowest BCUT2D eigenvalue weighted by atomic mass is 9.99. The SMILES string of the molecule is C[C@@H]1CN(C(=O)c2ccc(F)cc2Br)C[C@H]1C(=O)O. The fraction of sp³-hybridized carbons (Fsp3) is 0.385. The lowest BCUT2D eigenvalue weighted by Gasteiger charge is -2.16. The molecule has 0 spiro atoms. The Kier molecular flexibility index (Phi) is 3.89. The van der Waals surface area contributed by atoms with Crippen LogP contribution in [0.3, 0.4) is 0 Å². The maximum absolute atomic E-state index is 13.0. The van der Waals surface area contributed by atoms with Crippen LogP contribution in [0.5, 0.6) is 0 Å². The third-order valence-corrected chi connectivity index (χ3v) is 4.03. The van der Waals surface area contributed by atoms with Gasteiger partial charge in [-0.2, -0.15) is 0 Å². The van der Waals surface area contributed by atoms with Gasteiger partial charge in [-0.15, -0.1) is 0 Å². The van der Waals surface area contributed by atoms with Crippen LogP contribution in [0, 0.1) is 17.7 Å². The minimum absolute atomic E-state index is 0.0827. The number of carbonyl (C=O) groups excluding carboxylic acids is 1. The summed E-state index contributed by atoms with van der Waals surface area (Å²) in [6, 6.07) is 3.84. The summed E-state index contributed by atoms with van der Waals surface area (Å²) < 4.78 is 13.4. The average Bonchev–Trinajstić information content (AvgIpc) is 2.70. The number of nitrogens with zero attached hydrogens (tertiary/aromatic N) is 1. The smallest absolute Gasteiger partial charge is 0.308 e. The van der Waals surface area contributed by atoms with Crippen LogP contribution in [0.1, 0.15) is 17.3 Å². The summed E-state index contributed by atoms with van der Waals surface area (Å²) in [5, 5.41) is 9.05. The fourth-order valence-corrected chi connectivity index (χ4v) is 2.81. The van der Waals surface area contributed by atoms with E-state index >= 15 is 0 Å². The molecule has 2 rings (SSSR count). The summed E-state index contributed by atoms with van der Waals surface area (Å²) in [6.45, 7) is 2.41. The van der Waals surface area contributed by atoms with E-state index in [-0.39, 0.29) is 18.4 Å². The van der Waals surface area contributed by atoms with Crippen LogP contribution in [0.15, 0.2) is 22.7 Å². The molecule has 1 aromatic rings. The number of hydrogen-bond donors (Lipinski definition) is 1. The first-order valence-corrected chi connectivity index (χ1v) is 6.66. The molecule has 1 fully saturated rings. The Morgan fingerprint density at radius 2 is 2.11 bits per heavy atom. The number of halogens is 2. The summed E-state index contributed by atoms with van der Waals surface area (Å²) in [5.41, 5.74) is 0.347. The molecule has 0 radical (unpaired) electrons. The van der Waals surface area contributed by atoms with E-state index in [4.69, 9.17) is 5.11 Å². The molecular weight excluding hydrogens is 317 g/mol. The lowest BCUT2D eigenvalue weighted by molar-refractivity contribution is -0.142. The number of carboxylic acid groups (broad SMARTS) is 1. The van der Waals surface area contributed by atoms with E-state index in [0.29, 0.717) is 16.6 Å². The first-order chi connectivity index (χ1) is 8.90. The van der Waals surface area contributed by atoms with Crippen LogP contribution in [-0.4, -0.2) is 35.0 Å². The fourth-order valence-electron chi connectivity index (χ4n) is 2.29. The van der Waals surface area contributed by atoms with Crippen LogP contribution in [0.2, 0.25) is 0 Å². The monoisotopic (exact) mass is 329 g/mol. The number of benzene rings is 1. The highest BCUT2D eigenvalue weighted by Crippen LogP contribution is 2.27. The van der Waals surface area contributed by atoms with Crippen molar-refractivity contribution in [2.24, 2.45) is 11.8 Å². The second-order valence-corrected chi connectivity index (χ2v) is 5.61. The minimum atomic E-state index is -0.888. The third-order valence-electron chi connectivity index (χ3n) is 3.38. The summed E-state index contributed by atoms with van der Waals surface area (Å²) in [7, 11) is 0. The van der Waals surface area contributed by atoms with Crippen LogP contribution < -0.4 is 0 Å². The largest absolute Gasteiger partial charge is 0.481 e. The van der Waals surface area contributed by atoms with Gasteiger partial charge < -0.3 is 10.0 Å². The molecule has 6 heteroatoms. The van der Waals surface area contributed by atoms with Crippen molar-refractivity contribution in [3.63, 3.8) is 0 Å². The molecule has 4 nitrogen and oxygen atoms in total. The Labute approximate surface area is 118 Å². The summed E-state index contributed by atoms with van der Waals surface area (Å²) >= 11 is 3.15. The minimum Gasteiger partial charge on any atom is -0.481 e. The number of carbonyl (C=O) groups is 2. The maximum atomic E-state index is 13.0. The Balaban J connectivity index is 2.19. The Hall–Kier alpha value is -1.43. The van der Waals surface area contributed by atoms with Gasteiger partial charge in [0.2, 0.25) is 0 Å². The van der Waals surface area contributed by atoms with Crippen molar-refractivity contribution in [3.8, 4) is 0 Å². The van der Waals surface area contributed by atoms with Gasteiger partial charge >= 0.3 is 5.97 Å². The predicted molar refractivity (Wildman–Crippen MR) is 70.3 cm³/mol. The van der Waals surface area contributed by atoms with Gasteiger partial charge in [-0.25, -0.2) is 4.39 Å². The van der Waals surface area contributed by atoms with E-state index in [1.165, 1.54) is 23.1 Å². The van der Waals surface area contributed by atoms with E-state index in [2.05, 4.69) is 15.9 Å². The molecule has 2 atom stereocenters. The highest BCUT2D eigenvalue weighted by molar-refractivity contribution is 9.10. The maximum Gasteiger partial charge on any atom is 0.308 e. The summed E-state index contributed by atoms with van der Waals surface area (Å²) in [6.07, 6.45) is 0. The van der Waals surface area contributed by atoms with Gasteiger partial charge in [0, 0.05) is 17.6 Å². The molecule has 1 aliphatic heterocycles. The van der Waals surface area contributed by atoms with Gasteiger partial charge in [0.15, 0.2) is 0 Å². The topological polar surface area (TPSA) is 57.6 Å². The van der Waals surface area contributed by atoms with Crippen LogP contribution >= 0.6 is 15.9 Å². The average molecular weight is 330 g/mol. The van der Waals surface area contributed by atoms with E-state index in [1.54, 1.807) is 0 Å². The van der Waals surface area contributed by atoms with Crippen LogP contribution in [0.4, 0.5) is 4.39 Å². The second kappa shape index (κ2) is 5.28. The molecule has 1 N–H and O–H groups in total. The first-order valence-electron chi connectivity index (χ1n) is 5.87. The van der Waals surface area contributed by atoms with Crippen LogP contribution in [0.25, 0.3) is 0 Å². The Morgan fingerprint density at radius 1 is 1.42 bits per heavy atom. The molecule has 1 saturated heterocycles. The molecule has 1 heterocycles. The quantitative estimate of drug-likeness (QED) is 0.906. The van der Waals surface area contributed by atoms with Crippen LogP contribution in [-0.2, 0) is 4.79 Å². The Bertz CT molecular complexity index is 535. The van der Waals surface area contributed by atoms with Gasteiger partial charge in [-0.3, -0.25) is 9.59 Å². The third kappa shape index (κ3) is 2.78. The molecule has 0 aliphatic carbocycles. The molecule has 0 aromatic heterocycles. The number of amides is 1. The number of hydrogen-bond acceptors (Lipinski definition) is 2. The van der Waals surface area contributed by atoms with Gasteiger partial charge in [0.25, 0.3) is 5.91 Å². The predicted octanol–water partition coefficient (Wildman–Crippen LogP) is 2.38. The molecule has 0 saturated carbocycles. The first kappa shape index (κ1) is 14.0. The number of rotatable bonds is 2. The Morgan fingerprint density at radius 3 is 2.63 bits per heavy atom. The van der Waals surface area contributed by atoms with Crippen molar-refractivity contribution in [1.82, 2.24) is 4.90 Å². The zero-order valence-corrected chi connectivity index (χ0v) is 11.9. The highest BCUT2D eigenvalue weighted by atomic mass is 79.9. The molecule has 1 aliphatic rings. The van der Waals surface area contributed by atoms with Gasteiger partial charge in [0.05, 0.1) is 11.5 Å². The standard InChI is InChI=1S/C13H13BrFNO3/c1-7-5-16(6-10(7)13(18)19)12(17)9-3-2-8(15)4-11(9)14/h2-4,7,10H,5-6H2,1H3,(H,18,19)/t7-,10-/m1/s1. The van der Waals surface area contributed by atoms with Crippen molar-refractivity contribution >= 4 is 27.8 Å². The van der Waals surface area contributed by atoms with E-state index in [0.717, 1.165) is 0 Å². The molecule has 1 aromatic carbocycles. The highest BCUT2D eigenvalue weighted by Gasteiger charge is 2.37.